The minimum absolute atomic E-state index is 0.0727. The number of carbonyl (C=O) groups is 2. The number of aryl methyl sites for hydroxylation is 1. The van der Waals surface area contributed by atoms with Crippen LogP contribution in [0, 0.1) is 6.92 Å². The first-order valence-electron chi connectivity index (χ1n) is 8.77. The van der Waals surface area contributed by atoms with Crippen molar-refractivity contribution < 1.29 is 14.3 Å². The summed E-state index contributed by atoms with van der Waals surface area (Å²) in [5, 5.41) is 2.83. The third-order valence-electron chi connectivity index (χ3n) is 4.17. The predicted molar refractivity (Wildman–Crippen MR) is 106 cm³/mol. The lowest BCUT2D eigenvalue weighted by atomic mass is 10.1. The van der Waals surface area contributed by atoms with Crippen molar-refractivity contribution in [2.45, 2.75) is 20.0 Å². The Morgan fingerprint density at radius 1 is 0.815 bits per heavy atom. The molecule has 0 aliphatic heterocycles. The molecule has 0 saturated carbocycles. The van der Waals surface area contributed by atoms with Crippen molar-refractivity contribution in [2.75, 3.05) is 5.32 Å². The Hall–Kier alpha value is -3.40. The quantitative estimate of drug-likeness (QED) is 0.637. The average molecular weight is 359 g/mol. The molecule has 3 aromatic rings. The third-order valence-corrected chi connectivity index (χ3v) is 4.17. The summed E-state index contributed by atoms with van der Waals surface area (Å²) in [6.07, 6.45) is -0.600. The summed E-state index contributed by atoms with van der Waals surface area (Å²) in [5.41, 5.74) is 2.98. The maximum absolute atomic E-state index is 12.4. The Morgan fingerprint density at radius 2 is 1.44 bits per heavy atom. The summed E-state index contributed by atoms with van der Waals surface area (Å²) in [7, 11) is 0. The molecule has 4 heteroatoms. The van der Waals surface area contributed by atoms with Gasteiger partial charge in [-0.2, -0.15) is 0 Å². The molecule has 0 radical (unpaired) electrons. The molecule has 4 nitrogen and oxygen atoms in total. The number of nitrogens with one attached hydrogen (secondary N) is 1. The van der Waals surface area contributed by atoms with Gasteiger partial charge < -0.3 is 10.1 Å². The fourth-order valence-corrected chi connectivity index (χ4v) is 2.62. The smallest absolute Gasteiger partial charge is 0.255 e. The Kier molecular flexibility index (Phi) is 5.67. The van der Waals surface area contributed by atoms with Crippen LogP contribution >= 0.6 is 0 Å². The van der Waals surface area contributed by atoms with Gasteiger partial charge in [0.05, 0.1) is 0 Å². The second kappa shape index (κ2) is 8.32. The van der Waals surface area contributed by atoms with E-state index in [0.717, 1.165) is 5.56 Å². The molecule has 27 heavy (non-hydrogen) atoms. The zero-order chi connectivity index (χ0) is 19.2. The van der Waals surface area contributed by atoms with E-state index in [2.05, 4.69) is 5.32 Å². The number of carbonyl (C=O) groups excluding carboxylic acids is 2. The third kappa shape index (κ3) is 4.82. The van der Waals surface area contributed by atoms with Gasteiger partial charge in [-0.15, -0.1) is 0 Å². The van der Waals surface area contributed by atoms with Crippen molar-refractivity contribution in [3.05, 3.63) is 95.6 Å². The van der Waals surface area contributed by atoms with Crippen molar-refractivity contribution in [2.24, 2.45) is 0 Å². The first-order chi connectivity index (χ1) is 13.0. The van der Waals surface area contributed by atoms with Gasteiger partial charge in [-0.1, -0.05) is 48.0 Å². The molecule has 0 heterocycles. The number of ether oxygens (including phenoxy) is 1. The van der Waals surface area contributed by atoms with E-state index < -0.39 is 6.10 Å². The second-order valence-electron chi connectivity index (χ2n) is 6.33. The molecule has 1 N–H and O–H groups in total. The highest BCUT2D eigenvalue weighted by molar-refractivity contribution is 6.04. The number of amides is 1. The van der Waals surface area contributed by atoms with Crippen LogP contribution in [0.15, 0.2) is 78.9 Å². The van der Waals surface area contributed by atoms with Crippen molar-refractivity contribution in [1.29, 1.82) is 0 Å². The molecular weight excluding hydrogens is 338 g/mol. The maximum Gasteiger partial charge on any atom is 0.255 e. The van der Waals surface area contributed by atoms with Crippen molar-refractivity contribution in [3.8, 4) is 5.75 Å². The largest absolute Gasteiger partial charge is 0.483 e. The molecule has 0 bridgehead atoms. The average Bonchev–Trinajstić information content (AvgIpc) is 2.70. The van der Waals surface area contributed by atoms with Crippen LogP contribution in [0.5, 0.6) is 5.75 Å². The minimum Gasteiger partial charge on any atom is -0.483 e. The Labute approximate surface area is 158 Å². The van der Waals surface area contributed by atoms with Gasteiger partial charge >= 0.3 is 0 Å². The molecule has 0 unspecified atom stereocenters. The van der Waals surface area contributed by atoms with Crippen LogP contribution in [-0.2, 0) is 0 Å². The lowest BCUT2D eigenvalue weighted by Gasteiger charge is -2.14. The van der Waals surface area contributed by atoms with Gasteiger partial charge in [-0.05, 0) is 50.2 Å². The van der Waals surface area contributed by atoms with E-state index >= 15 is 0 Å². The van der Waals surface area contributed by atoms with E-state index in [1.54, 1.807) is 55.5 Å². The summed E-state index contributed by atoms with van der Waals surface area (Å²) < 4.78 is 5.74. The number of benzene rings is 3. The molecule has 3 rings (SSSR count). The number of hydrogen-bond donors (Lipinski definition) is 1. The van der Waals surface area contributed by atoms with E-state index in [0.29, 0.717) is 22.6 Å². The highest BCUT2D eigenvalue weighted by Crippen LogP contribution is 2.19. The van der Waals surface area contributed by atoms with Gasteiger partial charge in [-0.3, -0.25) is 9.59 Å². The van der Waals surface area contributed by atoms with Crippen molar-refractivity contribution in [1.82, 2.24) is 0 Å². The van der Waals surface area contributed by atoms with E-state index in [1.165, 1.54) is 0 Å². The molecule has 136 valence electrons. The van der Waals surface area contributed by atoms with E-state index in [4.69, 9.17) is 4.74 Å². The molecule has 0 saturated heterocycles. The lowest BCUT2D eigenvalue weighted by Crippen LogP contribution is -2.23. The van der Waals surface area contributed by atoms with Crippen molar-refractivity contribution >= 4 is 17.4 Å². The number of rotatable bonds is 6. The highest BCUT2D eigenvalue weighted by atomic mass is 16.5. The maximum atomic E-state index is 12.4. The van der Waals surface area contributed by atoms with Gasteiger partial charge in [0, 0.05) is 16.8 Å². The lowest BCUT2D eigenvalue weighted by molar-refractivity contribution is 0.0818. The monoisotopic (exact) mass is 359 g/mol. The SMILES string of the molecule is Cc1ccc(C(=O)[C@H](C)Oc2ccc(NC(=O)c3ccccc3)cc2)cc1. The fourth-order valence-electron chi connectivity index (χ4n) is 2.62. The Balaban J connectivity index is 1.61. The van der Waals surface area contributed by atoms with Crippen LogP contribution < -0.4 is 10.1 Å². The molecule has 0 fully saturated rings. The van der Waals surface area contributed by atoms with Gasteiger partial charge in [0.2, 0.25) is 5.78 Å². The normalized spacial score (nSPS) is 11.5. The molecule has 1 atom stereocenters. The topological polar surface area (TPSA) is 55.4 Å². The number of anilines is 1. The van der Waals surface area contributed by atoms with E-state index in [9.17, 15) is 9.59 Å². The summed E-state index contributed by atoms with van der Waals surface area (Å²) in [6.45, 7) is 3.71. The molecular formula is C23H21NO3. The van der Waals surface area contributed by atoms with Crippen LogP contribution in [0.4, 0.5) is 5.69 Å². The zero-order valence-corrected chi connectivity index (χ0v) is 15.3. The molecule has 0 aliphatic carbocycles. The summed E-state index contributed by atoms with van der Waals surface area (Å²) in [4.78, 5) is 24.6. The zero-order valence-electron chi connectivity index (χ0n) is 15.3. The minimum atomic E-state index is -0.600. The van der Waals surface area contributed by atoms with Crippen LogP contribution in [0.2, 0.25) is 0 Å². The van der Waals surface area contributed by atoms with Crippen LogP contribution in [-0.4, -0.2) is 17.8 Å². The summed E-state index contributed by atoms with van der Waals surface area (Å²) in [6, 6.07) is 23.4. The van der Waals surface area contributed by atoms with Gasteiger partial charge in [-0.25, -0.2) is 0 Å². The standard InChI is InChI=1S/C23H21NO3/c1-16-8-10-18(11-9-16)22(25)17(2)27-21-14-12-20(13-15-21)24-23(26)19-6-4-3-5-7-19/h3-15,17H,1-2H3,(H,24,26)/t17-/m0/s1. The van der Waals surface area contributed by atoms with Crippen molar-refractivity contribution in [3.63, 3.8) is 0 Å². The second-order valence-corrected chi connectivity index (χ2v) is 6.33. The van der Waals surface area contributed by atoms with Gasteiger partial charge in [0.15, 0.2) is 6.10 Å². The summed E-state index contributed by atoms with van der Waals surface area (Å²) in [5.74, 6) is 0.323. The highest BCUT2D eigenvalue weighted by Gasteiger charge is 2.16. The molecule has 3 aromatic carbocycles. The Morgan fingerprint density at radius 3 is 2.07 bits per heavy atom. The first-order valence-corrected chi connectivity index (χ1v) is 8.77. The van der Waals surface area contributed by atoms with Gasteiger partial charge in [0.1, 0.15) is 5.75 Å². The van der Waals surface area contributed by atoms with Crippen LogP contribution in [0.1, 0.15) is 33.2 Å². The summed E-state index contributed by atoms with van der Waals surface area (Å²) >= 11 is 0. The fraction of sp³-hybridized carbons (Fsp3) is 0.130. The molecule has 1 amide bonds. The number of Topliss-reactive ketones (excluding diaryl/α,β-unsaturated/α-hetero) is 1. The molecule has 0 aromatic heterocycles. The van der Waals surface area contributed by atoms with E-state index in [-0.39, 0.29) is 11.7 Å². The number of ketones is 1. The molecule has 0 spiro atoms. The van der Waals surface area contributed by atoms with Gasteiger partial charge in [0.25, 0.3) is 5.91 Å². The Bertz CT molecular complexity index is 916. The van der Waals surface area contributed by atoms with Crippen LogP contribution in [0.25, 0.3) is 0 Å². The predicted octanol–water partition coefficient (Wildman–Crippen LogP) is 4.90. The van der Waals surface area contributed by atoms with Crippen LogP contribution in [0.3, 0.4) is 0 Å². The first kappa shape index (κ1) is 18.4. The number of hydrogen-bond acceptors (Lipinski definition) is 3. The van der Waals surface area contributed by atoms with E-state index in [1.807, 2.05) is 37.3 Å². The molecule has 0 aliphatic rings.